The van der Waals surface area contributed by atoms with Gasteiger partial charge in [0.05, 0.1) is 5.54 Å². The Labute approximate surface area is 167 Å². The molecule has 4 rings (SSSR count). The average molecular weight is 425 g/mol. The quantitative estimate of drug-likeness (QED) is 0.683. The van der Waals surface area contributed by atoms with Crippen molar-refractivity contribution in [3.05, 3.63) is 75.8 Å². The maximum atomic E-state index is 12.3. The van der Waals surface area contributed by atoms with E-state index in [4.69, 9.17) is 0 Å². The molecule has 0 atom stereocenters. The second-order valence-electron chi connectivity index (χ2n) is 7.28. The van der Waals surface area contributed by atoms with Crippen LogP contribution in [0, 0.1) is 0 Å². The van der Waals surface area contributed by atoms with Crippen molar-refractivity contribution in [2.24, 2.45) is 0 Å². The summed E-state index contributed by atoms with van der Waals surface area (Å²) >= 11 is 3.44. The number of carbonyl (C=O) groups is 2. The number of hydrogen-bond acceptors (Lipinski definition) is 2. The van der Waals surface area contributed by atoms with E-state index in [0.29, 0.717) is 11.6 Å². The highest BCUT2D eigenvalue weighted by molar-refractivity contribution is 9.10. The van der Waals surface area contributed by atoms with Crippen molar-refractivity contribution in [3.63, 3.8) is 0 Å². The molecule has 2 aliphatic carbocycles. The van der Waals surface area contributed by atoms with Gasteiger partial charge in [0.2, 0.25) is 5.91 Å². The van der Waals surface area contributed by atoms with Crippen LogP contribution in [0.5, 0.6) is 0 Å². The van der Waals surface area contributed by atoms with Crippen LogP contribution in [0.15, 0.2) is 59.1 Å². The molecule has 0 spiro atoms. The summed E-state index contributed by atoms with van der Waals surface area (Å²) in [7, 11) is 0. The van der Waals surface area contributed by atoms with Crippen LogP contribution in [0.1, 0.15) is 47.2 Å². The van der Waals surface area contributed by atoms with Crippen molar-refractivity contribution in [2.75, 3.05) is 0 Å². The average Bonchev–Trinajstić information content (AvgIpc) is 3.59. The maximum absolute atomic E-state index is 12.3. The molecule has 27 heavy (non-hydrogen) atoms. The van der Waals surface area contributed by atoms with E-state index in [1.807, 2.05) is 36.4 Å². The number of carbonyl (C=O) groups excluding carboxylic acids is 2. The standard InChI is InChI=1S/C22H21BrN2O2/c23-18-8-6-17(7-9-18)22(13-14-22)25-20(26)12-3-15-1-4-16(5-2-15)21(27)24-19-10-11-19/h1-9,12,19H,10-11,13-14H2,(H,24,27)(H,25,26)/b12-3+. The van der Waals surface area contributed by atoms with Crippen molar-refractivity contribution in [2.45, 2.75) is 37.3 Å². The van der Waals surface area contributed by atoms with Gasteiger partial charge in [0.25, 0.3) is 5.91 Å². The smallest absolute Gasteiger partial charge is 0.251 e. The minimum Gasteiger partial charge on any atom is -0.349 e. The van der Waals surface area contributed by atoms with Gasteiger partial charge < -0.3 is 10.6 Å². The van der Waals surface area contributed by atoms with Crippen LogP contribution < -0.4 is 10.6 Å². The molecule has 2 amide bonds. The van der Waals surface area contributed by atoms with E-state index in [2.05, 4.69) is 26.6 Å². The Morgan fingerprint density at radius 2 is 1.67 bits per heavy atom. The lowest BCUT2D eigenvalue weighted by Crippen LogP contribution is -2.33. The summed E-state index contributed by atoms with van der Waals surface area (Å²) < 4.78 is 1.03. The van der Waals surface area contributed by atoms with Gasteiger partial charge >= 0.3 is 0 Å². The largest absolute Gasteiger partial charge is 0.349 e. The summed E-state index contributed by atoms with van der Waals surface area (Å²) in [5.41, 5.74) is 2.45. The van der Waals surface area contributed by atoms with Crippen molar-refractivity contribution in [3.8, 4) is 0 Å². The number of halogens is 1. The lowest BCUT2D eigenvalue weighted by atomic mass is 10.0. The second kappa shape index (κ2) is 7.31. The molecule has 0 saturated heterocycles. The van der Waals surface area contributed by atoms with E-state index >= 15 is 0 Å². The van der Waals surface area contributed by atoms with Crippen LogP contribution in [-0.4, -0.2) is 17.9 Å². The predicted molar refractivity (Wildman–Crippen MR) is 109 cm³/mol. The lowest BCUT2D eigenvalue weighted by Gasteiger charge is -2.17. The molecule has 2 saturated carbocycles. The fourth-order valence-electron chi connectivity index (χ4n) is 3.07. The van der Waals surface area contributed by atoms with Crippen LogP contribution in [-0.2, 0) is 10.3 Å². The Kier molecular flexibility index (Phi) is 4.87. The van der Waals surface area contributed by atoms with E-state index in [9.17, 15) is 9.59 Å². The molecule has 2 aromatic carbocycles. The number of rotatable bonds is 6. The first-order chi connectivity index (χ1) is 13.0. The van der Waals surface area contributed by atoms with Crippen LogP contribution in [0.3, 0.4) is 0 Å². The van der Waals surface area contributed by atoms with Crippen LogP contribution in [0.4, 0.5) is 0 Å². The first kappa shape index (κ1) is 18.0. The van der Waals surface area contributed by atoms with Crippen molar-refractivity contribution < 1.29 is 9.59 Å². The molecule has 2 N–H and O–H groups in total. The Morgan fingerprint density at radius 3 is 2.26 bits per heavy atom. The molecule has 2 aliphatic rings. The van der Waals surface area contributed by atoms with Gasteiger partial charge in [-0.3, -0.25) is 9.59 Å². The SMILES string of the molecule is O=C(/C=C/c1ccc(C(=O)NC2CC2)cc1)NC1(c2ccc(Br)cc2)CC1. The highest BCUT2D eigenvalue weighted by Gasteiger charge is 2.45. The molecule has 0 heterocycles. The monoisotopic (exact) mass is 424 g/mol. The third-order valence-electron chi connectivity index (χ3n) is 5.02. The summed E-state index contributed by atoms with van der Waals surface area (Å²) in [4.78, 5) is 24.3. The van der Waals surface area contributed by atoms with E-state index in [-0.39, 0.29) is 17.4 Å². The van der Waals surface area contributed by atoms with Gasteiger partial charge in [0.15, 0.2) is 0 Å². The molecule has 0 aliphatic heterocycles. The summed E-state index contributed by atoms with van der Waals surface area (Å²) in [6.45, 7) is 0. The highest BCUT2D eigenvalue weighted by Crippen LogP contribution is 2.45. The predicted octanol–water partition coefficient (Wildman–Crippen LogP) is 4.16. The molecule has 0 radical (unpaired) electrons. The molecule has 2 aromatic rings. The van der Waals surface area contributed by atoms with Crippen molar-refractivity contribution >= 4 is 33.8 Å². The van der Waals surface area contributed by atoms with Gasteiger partial charge in [-0.15, -0.1) is 0 Å². The summed E-state index contributed by atoms with van der Waals surface area (Å²) in [5, 5.41) is 6.09. The molecular weight excluding hydrogens is 404 g/mol. The molecule has 4 nitrogen and oxygen atoms in total. The molecule has 0 bridgehead atoms. The molecule has 138 valence electrons. The zero-order valence-corrected chi connectivity index (χ0v) is 16.5. The molecule has 2 fully saturated rings. The third kappa shape index (κ3) is 4.48. The van der Waals surface area contributed by atoms with Crippen LogP contribution in [0.25, 0.3) is 6.08 Å². The van der Waals surface area contributed by atoms with Gasteiger partial charge in [-0.2, -0.15) is 0 Å². The zero-order valence-electron chi connectivity index (χ0n) is 14.9. The maximum Gasteiger partial charge on any atom is 0.251 e. The van der Waals surface area contributed by atoms with Gasteiger partial charge in [0, 0.05) is 22.2 Å². The second-order valence-corrected chi connectivity index (χ2v) is 8.20. The Bertz CT molecular complexity index is 880. The molecule has 0 unspecified atom stereocenters. The van der Waals surface area contributed by atoms with E-state index in [1.54, 1.807) is 24.3 Å². The topological polar surface area (TPSA) is 58.2 Å². The van der Waals surface area contributed by atoms with Crippen LogP contribution >= 0.6 is 15.9 Å². The number of hydrogen-bond donors (Lipinski definition) is 2. The van der Waals surface area contributed by atoms with E-state index < -0.39 is 0 Å². The van der Waals surface area contributed by atoms with E-state index in [1.165, 1.54) is 0 Å². The minimum atomic E-state index is -0.229. The third-order valence-corrected chi connectivity index (χ3v) is 5.55. The minimum absolute atomic E-state index is 0.0315. The summed E-state index contributed by atoms with van der Waals surface area (Å²) in [6, 6.07) is 15.7. The number of nitrogens with one attached hydrogen (secondary N) is 2. The Morgan fingerprint density at radius 1 is 1.00 bits per heavy atom. The molecule has 0 aromatic heterocycles. The van der Waals surface area contributed by atoms with Gasteiger partial charge in [0.1, 0.15) is 0 Å². The summed E-state index contributed by atoms with van der Waals surface area (Å²) in [6.07, 6.45) is 7.39. The summed E-state index contributed by atoms with van der Waals surface area (Å²) in [5.74, 6) is -0.137. The molecule has 5 heteroatoms. The number of amides is 2. The Balaban J connectivity index is 1.35. The zero-order chi connectivity index (χ0) is 18.9. The first-order valence-corrected chi connectivity index (χ1v) is 10.0. The van der Waals surface area contributed by atoms with Crippen LogP contribution in [0.2, 0.25) is 0 Å². The lowest BCUT2D eigenvalue weighted by molar-refractivity contribution is -0.117. The van der Waals surface area contributed by atoms with Crippen molar-refractivity contribution in [1.82, 2.24) is 10.6 Å². The van der Waals surface area contributed by atoms with Gasteiger partial charge in [-0.05, 0) is 67.2 Å². The first-order valence-electron chi connectivity index (χ1n) is 9.21. The van der Waals surface area contributed by atoms with Crippen molar-refractivity contribution in [1.29, 1.82) is 0 Å². The highest BCUT2D eigenvalue weighted by atomic mass is 79.9. The van der Waals surface area contributed by atoms with Gasteiger partial charge in [-0.25, -0.2) is 0 Å². The van der Waals surface area contributed by atoms with Gasteiger partial charge in [-0.1, -0.05) is 40.2 Å². The normalized spacial score (nSPS) is 17.5. The fraction of sp³-hybridized carbons (Fsp3) is 0.273. The van der Waals surface area contributed by atoms with E-state index in [0.717, 1.165) is 41.3 Å². The molecular formula is C22H21BrN2O2. The fourth-order valence-corrected chi connectivity index (χ4v) is 3.34. The number of benzene rings is 2. The Hall–Kier alpha value is -2.40.